The summed E-state index contributed by atoms with van der Waals surface area (Å²) >= 11 is 0. The van der Waals surface area contributed by atoms with Gasteiger partial charge in [-0.1, -0.05) is 0 Å². The Hall–Kier alpha value is -1.18. The molecule has 0 rings (SSSR count). The van der Waals surface area contributed by atoms with Gasteiger partial charge in [0.15, 0.2) is 0 Å². The van der Waals surface area contributed by atoms with E-state index in [1.807, 2.05) is 0 Å². The van der Waals surface area contributed by atoms with E-state index in [2.05, 4.69) is 9.78 Å². The van der Waals surface area contributed by atoms with Crippen molar-refractivity contribution < 1.29 is 29.9 Å². The van der Waals surface area contributed by atoms with Crippen LogP contribution in [-0.2, 0) is 19.4 Å². The normalized spacial score (nSPS) is 11.9. The van der Waals surface area contributed by atoms with Crippen molar-refractivity contribution in [1.82, 2.24) is 0 Å². The minimum Gasteiger partial charge on any atom is -0.318 e. The Balaban J connectivity index is 3.53. The molecule has 0 aromatic rings. The zero-order valence-corrected chi connectivity index (χ0v) is 6.80. The molecule has 0 amide bonds. The monoisotopic (exact) mass is 193 g/mol. The van der Waals surface area contributed by atoms with Gasteiger partial charge in [0.25, 0.3) is 0 Å². The maximum atomic E-state index is 10.5. The summed E-state index contributed by atoms with van der Waals surface area (Å²) in [4.78, 5) is 27.6. The first kappa shape index (κ1) is 11.8. The van der Waals surface area contributed by atoms with Gasteiger partial charge in [0.2, 0.25) is 0 Å². The van der Waals surface area contributed by atoms with E-state index in [1.165, 1.54) is 0 Å². The summed E-state index contributed by atoms with van der Waals surface area (Å²) in [6, 6.07) is -0.975. The lowest BCUT2D eigenvalue weighted by molar-refractivity contribution is -0.236. The van der Waals surface area contributed by atoms with Crippen LogP contribution in [0.4, 0.5) is 0 Å². The summed E-state index contributed by atoms with van der Waals surface area (Å²) in [5, 5.41) is 15.7. The Morgan fingerprint density at radius 2 is 1.92 bits per heavy atom. The smallest absolute Gasteiger partial charge is 0.318 e. The fourth-order valence-corrected chi connectivity index (χ4v) is 0.698. The van der Waals surface area contributed by atoms with Crippen LogP contribution in [0.15, 0.2) is 0 Å². The van der Waals surface area contributed by atoms with Crippen LogP contribution in [0.5, 0.6) is 0 Å². The Labute approximate surface area is 73.9 Å². The molecule has 0 aliphatic rings. The van der Waals surface area contributed by atoms with Gasteiger partial charge in [0, 0.05) is 6.42 Å². The summed E-state index contributed by atoms with van der Waals surface area (Å²) in [7, 11) is 0. The van der Waals surface area contributed by atoms with Crippen molar-refractivity contribution in [2.24, 2.45) is 5.73 Å². The third kappa shape index (κ3) is 5.12. The predicted molar refractivity (Wildman–Crippen MR) is 39.3 cm³/mol. The summed E-state index contributed by atoms with van der Waals surface area (Å²) in [6.45, 7) is 0. The van der Waals surface area contributed by atoms with E-state index in [4.69, 9.17) is 16.2 Å². The van der Waals surface area contributed by atoms with Crippen molar-refractivity contribution in [3.05, 3.63) is 0 Å². The molecule has 0 saturated carbocycles. The van der Waals surface area contributed by atoms with Crippen LogP contribution in [0.1, 0.15) is 19.3 Å². The molecule has 4 N–H and O–H groups in total. The first-order valence-electron chi connectivity index (χ1n) is 3.57. The molecule has 0 aliphatic heterocycles. The Morgan fingerprint density at radius 3 is 2.38 bits per heavy atom. The van der Waals surface area contributed by atoms with E-state index < -0.39 is 18.0 Å². The van der Waals surface area contributed by atoms with Crippen molar-refractivity contribution >= 4 is 11.9 Å². The molecule has 0 heterocycles. The first-order valence-corrected chi connectivity index (χ1v) is 3.57. The van der Waals surface area contributed by atoms with Crippen LogP contribution in [0.2, 0.25) is 0 Å². The molecule has 0 aromatic carbocycles. The van der Waals surface area contributed by atoms with E-state index in [1.54, 1.807) is 0 Å². The van der Waals surface area contributed by atoms with Crippen molar-refractivity contribution in [2.75, 3.05) is 0 Å². The number of hydrogen-bond acceptors (Lipinski definition) is 7. The van der Waals surface area contributed by atoms with E-state index in [-0.39, 0.29) is 19.3 Å². The highest BCUT2D eigenvalue weighted by Crippen LogP contribution is 2.01. The highest BCUT2D eigenvalue weighted by Gasteiger charge is 2.15. The van der Waals surface area contributed by atoms with Crippen molar-refractivity contribution in [3.8, 4) is 0 Å². The van der Waals surface area contributed by atoms with Gasteiger partial charge in [0.1, 0.15) is 6.04 Å². The Bertz CT molecular complexity index is 182. The van der Waals surface area contributed by atoms with Crippen molar-refractivity contribution in [2.45, 2.75) is 25.3 Å². The first-order chi connectivity index (χ1) is 6.11. The van der Waals surface area contributed by atoms with Gasteiger partial charge in [-0.3, -0.25) is 4.89 Å². The largest absolute Gasteiger partial charge is 0.358 e. The average molecular weight is 193 g/mol. The maximum Gasteiger partial charge on any atom is 0.358 e. The average Bonchev–Trinajstić information content (AvgIpc) is 2.15. The highest BCUT2D eigenvalue weighted by molar-refractivity contribution is 5.74. The summed E-state index contributed by atoms with van der Waals surface area (Å²) in [5.74, 6) is -1.76. The lowest BCUT2D eigenvalue weighted by Gasteiger charge is -2.05. The lowest BCUT2D eigenvalue weighted by atomic mass is 10.1. The number of rotatable bonds is 5. The summed E-state index contributed by atoms with van der Waals surface area (Å²) in [6.07, 6.45) is 0.368. The van der Waals surface area contributed by atoms with Crippen molar-refractivity contribution in [3.63, 3.8) is 0 Å². The van der Waals surface area contributed by atoms with Gasteiger partial charge >= 0.3 is 11.9 Å². The van der Waals surface area contributed by atoms with Gasteiger partial charge in [-0.2, -0.15) is 10.5 Å². The van der Waals surface area contributed by atoms with Gasteiger partial charge in [0.05, 0.1) is 0 Å². The van der Waals surface area contributed by atoms with Gasteiger partial charge in [-0.15, -0.1) is 0 Å². The second kappa shape index (κ2) is 6.35. The lowest BCUT2D eigenvalue weighted by Crippen LogP contribution is -2.31. The van der Waals surface area contributed by atoms with Crippen LogP contribution in [0.25, 0.3) is 0 Å². The summed E-state index contributed by atoms with van der Waals surface area (Å²) in [5.41, 5.74) is 5.21. The predicted octanol–water partition coefficient (Wildman–Crippen LogP) is -0.484. The van der Waals surface area contributed by atoms with E-state index in [0.29, 0.717) is 0 Å². The van der Waals surface area contributed by atoms with E-state index >= 15 is 0 Å². The minimum absolute atomic E-state index is 0.0527. The fraction of sp³-hybridized carbons (Fsp3) is 0.667. The molecule has 0 fully saturated rings. The third-order valence-electron chi connectivity index (χ3n) is 1.39. The zero-order chi connectivity index (χ0) is 10.3. The molecule has 0 bridgehead atoms. The third-order valence-corrected chi connectivity index (χ3v) is 1.39. The second-order valence-electron chi connectivity index (χ2n) is 2.37. The Kier molecular flexibility index (Phi) is 5.77. The highest BCUT2D eigenvalue weighted by atomic mass is 17.1. The van der Waals surface area contributed by atoms with Crippen LogP contribution >= 0.6 is 0 Å². The molecule has 13 heavy (non-hydrogen) atoms. The molecular weight excluding hydrogens is 182 g/mol. The minimum atomic E-state index is -0.975. The SMILES string of the molecule is NC(CCCC(=O)OO)C(=O)OO. The zero-order valence-electron chi connectivity index (χ0n) is 6.80. The molecule has 0 aliphatic carbocycles. The Morgan fingerprint density at radius 1 is 1.31 bits per heavy atom. The molecule has 76 valence electrons. The molecule has 0 spiro atoms. The molecule has 0 saturated heterocycles. The fourth-order valence-electron chi connectivity index (χ4n) is 0.698. The second-order valence-corrected chi connectivity index (χ2v) is 2.37. The molecule has 1 atom stereocenters. The van der Waals surface area contributed by atoms with Crippen LogP contribution < -0.4 is 5.73 Å². The maximum absolute atomic E-state index is 10.5. The summed E-state index contributed by atoms with van der Waals surface area (Å²) < 4.78 is 0. The molecular formula is C6H11NO6. The molecule has 7 nitrogen and oxygen atoms in total. The van der Waals surface area contributed by atoms with Crippen LogP contribution in [-0.4, -0.2) is 28.5 Å². The van der Waals surface area contributed by atoms with E-state index in [9.17, 15) is 9.59 Å². The van der Waals surface area contributed by atoms with Gasteiger partial charge in [-0.05, 0) is 12.8 Å². The van der Waals surface area contributed by atoms with Crippen LogP contribution in [0, 0.1) is 0 Å². The molecule has 0 aromatic heterocycles. The number of carbonyl (C=O) groups excluding carboxylic acids is 2. The quantitative estimate of drug-likeness (QED) is 0.398. The number of hydrogen-bond donors (Lipinski definition) is 3. The standard InChI is InChI=1S/C6H11NO6/c7-4(6(9)13-11)2-1-3-5(8)12-10/h4,10-11H,1-3,7H2. The number of carbonyl (C=O) groups is 2. The molecule has 1 unspecified atom stereocenters. The molecule has 7 heteroatoms. The van der Waals surface area contributed by atoms with E-state index in [0.717, 1.165) is 0 Å². The molecule has 0 radical (unpaired) electrons. The number of nitrogens with two attached hydrogens (primary N) is 1. The van der Waals surface area contributed by atoms with Gasteiger partial charge in [-0.25, -0.2) is 9.59 Å². The van der Waals surface area contributed by atoms with Gasteiger partial charge < -0.3 is 10.6 Å². The van der Waals surface area contributed by atoms with Crippen LogP contribution in [0.3, 0.4) is 0 Å². The topological polar surface area (TPSA) is 119 Å². The van der Waals surface area contributed by atoms with Crippen molar-refractivity contribution in [1.29, 1.82) is 0 Å².